The molecule has 0 aliphatic carbocycles. The number of anilines is 1. The van der Waals surface area contributed by atoms with Crippen LogP contribution in [-0.4, -0.2) is 19.8 Å². The van der Waals surface area contributed by atoms with Crippen LogP contribution >= 0.6 is 24.0 Å². The zero-order valence-electron chi connectivity index (χ0n) is 15.9. The van der Waals surface area contributed by atoms with Crippen molar-refractivity contribution in [3.8, 4) is 0 Å². The van der Waals surface area contributed by atoms with E-state index in [1.54, 1.807) is 4.90 Å². The van der Waals surface area contributed by atoms with Crippen LogP contribution in [0.3, 0.4) is 0 Å². The van der Waals surface area contributed by atoms with Crippen molar-refractivity contribution >= 4 is 57.0 Å². The average molecular weight is 408 g/mol. The SMILES string of the molecule is CCCCc1ccc(N2C(=O)/C(=C\c3nc4ccccc4n3C)SC2=S)cc1. The summed E-state index contributed by atoms with van der Waals surface area (Å²) in [6, 6.07) is 16.1. The summed E-state index contributed by atoms with van der Waals surface area (Å²) < 4.78 is 2.54. The van der Waals surface area contributed by atoms with Gasteiger partial charge >= 0.3 is 0 Å². The van der Waals surface area contributed by atoms with E-state index in [1.165, 1.54) is 30.2 Å². The van der Waals surface area contributed by atoms with Crippen LogP contribution in [0.2, 0.25) is 0 Å². The Bertz CT molecular complexity index is 1080. The molecule has 1 aliphatic rings. The number of hydrogen-bond donors (Lipinski definition) is 0. The molecule has 0 atom stereocenters. The van der Waals surface area contributed by atoms with Crippen molar-refractivity contribution in [1.82, 2.24) is 9.55 Å². The van der Waals surface area contributed by atoms with E-state index in [0.29, 0.717) is 9.23 Å². The number of rotatable bonds is 5. The first kappa shape index (κ1) is 18.9. The van der Waals surface area contributed by atoms with Crippen molar-refractivity contribution < 1.29 is 4.79 Å². The minimum Gasteiger partial charge on any atom is -0.328 e. The van der Waals surface area contributed by atoms with Crippen LogP contribution in [0.25, 0.3) is 17.1 Å². The minimum absolute atomic E-state index is 0.0941. The van der Waals surface area contributed by atoms with Gasteiger partial charge in [0.1, 0.15) is 5.82 Å². The fourth-order valence-electron chi connectivity index (χ4n) is 3.29. The van der Waals surface area contributed by atoms with Crippen molar-refractivity contribution in [2.24, 2.45) is 7.05 Å². The molecule has 28 heavy (non-hydrogen) atoms. The number of nitrogens with zero attached hydrogens (tertiary/aromatic N) is 3. The molecule has 0 N–H and O–H groups in total. The molecule has 0 radical (unpaired) electrons. The fraction of sp³-hybridized carbons (Fsp3) is 0.227. The molecule has 6 heteroatoms. The Hall–Kier alpha value is -2.44. The summed E-state index contributed by atoms with van der Waals surface area (Å²) in [6.07, 6.45) is 5.22. The molecule has 1 aliphatic heterocycles. The fourth-order valence-corrected chi connectivity index (χ4v) is 4.56. The van der Waals surface area contributed by atoms with E-state index < -0.39 is 0 Å². The number of carbonyl (C=O) groups excluding carboxylic acids is 1. The summed E-state index contributed by atoms with van der Waals surface area (Å²) in [6.45, 7) is 2.19. The topological polar surface area (TPSA) is 38.1 Å². The van der Waals surface area contributed by atoms with E-state index in [-0.39, 0.29) is 5.91 Å². The van der Waals surface area contributed by atoms with Crippen molar-refractivity contribution in [3.05, 3.63) is 64.8 Å². The Morgan fingerprint density at radius 2 is 1.89 bits per heavy atom. The van der Waals surface area contributed by atoms with E-state index in [0.717, 1.165) is 29.0 Å². The molecule has 1 fully saturated rings. The standard InChI is InChI=1S/C22H21N3OS2/c1-3-4-7-15-10-12-16(13-11-15)25-21(26)19(28-22(25)27)14-20-23-17-8-5-6-9-18(17)24(20)2/h5-6,8-14H,3-4,7H2,1-2H3/b19-14+. The maximum absolute atomic E-state index is 13.0. The number of thiocarbonyl (C=S) groups is 1. The van der Waals surface area contributed by atoms with Crippen molar-refractivity contribution in [2.75, 3.05) is 4.90 Å². The Balaban J connectivity index is 1.61. The van der Waals surface area contributed by atoms with Crippen LogP contribution in [0.15, 0.2) is 53.4 Å². The van der Waals surface area contributed by atoms with Crippen LogP contribution in [0.4, 0.5) is 5.69 Å². The zero-order valence-corrected chi connectivity index (χ0v) is 17.5. The number of aryl methyl sites for hydroxylation is 2. The lowest BCUT2D eigenvalue weighted by Crippen LogP contribution is -2.27. The molecule has 4 rings (SSSR count). The quantitative estimate of drug-likeness (QED) is 0.424. The molecule has 0 saturated carbocycles. The average Bonchev–Trinajstić information content (AvgIpc) is 3.17. The first-order valence-corrected chi connectivity index (χ1v) is 10.6. The number of para-hydroxylation sites is 2. The molecule has 142 valence electrons. The molecule has 3 aromatic rings. The summed E-state index contributed by atoms with van der Waals surface area (Å²) in [5.41, 5.74) is 4.05. The van der Waals surface area contributed by atoms with Crippen molar-refractivity contribution in [3.63, 3.8) is 0 Å². The lowest BCUT2D eigenvalue weighted by Gasteiger charge is -2.15. The van der Waals surface area contributed by atoms with Gasteiger partial charge in [0, 0.05) is 13.1 Å². The minimum atomic E-state index is -0.0941. The number of fused-ring (bicyclic) bond motifs is 1. The molecule has 0 unspecified atom stereocenters. The predicted molar refractivity (Wildman–Crippen MR) is 121 cm³/mol. The molecule has 2 aromatic carbocycles. The summed E-state index contributed by atoms with van der Waals surface area (Å²) in [7, 11) is 1.96. The highest BCUT2D eigenvalue weighted by Gasteiger charge is 2.33. The highest BCUT2D eigenvalue weighted by atomic mass is 32.2. The number of thioether (sulfide) groups is 1. The van der Waals surface area contributed by atoms with E-state index in [9.17, 15) is 4.79 Å². The van der Waals surface area contributed by atoms with Crippen LogP contribution in [0.5, 0.6) is 0 Å². The number of amides is 1. The summed E-state index contributed by atoms with van der Waals surface area (Å²) in [4.78, 5) is 19.9. The highest BCUT2D eigenvalue weighted by molar-refractivity contribution is 8.27. The van der Waals surface area contributed by atoms with Gasteiger partial charge in [-0.1, -0.05) is 61.6 Å². The van der Waals surface area contributed by atoms with Crippen molar-refractivity contribution in [2.45, 2.75) is 26.2 Å². The number of imidazole rings is 1. The van der Waals surface area contributed by atoms with E-state index in [2.05, 4.69) is 24.0 Å². The third-order valence-electron chi connectivity index (χ3n) is 4.89. The lowest BCUT2D eigenvalue weighted by atomic mass is 10.1. The Kier molecular flexibility index (Phi) is 5.33. The second kappa shape index (κ2) is 7.89. The number of benzene rings is 2. The largest absolute Gasteiger partial charge is 0.328 e. The summed E-state index contributed by atoms with van der Waals surface area (Å²) >= 11 is 6.82. The normalized spacial score (nSPS) is 15.9. The van der Waals surface area contributed by atoms with Crippen LogP contribution in [0, 0.1) is 0 Å². The van der Waals surface area contributed by atoms with Gasteiger partial charge in [-0.05, 0) is 42.7 Å². The third-order valence-corrected chi connectivity index (χ3v) is 6.19. The Morgan fingerprint density at radius 3 is 2.61 bits per heavy atom. The van der Waals surface area contributed by atoms with Gasteiger partial charge in [0.05, 0.1) is 21.6 Å². The number of hydrogen-bond acceptors (Lipinski definition) is 4. The molecule has 0 spiro atoms. The maximum Gasteiger partial charge on any atom is 0.270 e. The van der Waals surface area contributed by atoms with Gasteiger partial charge in [-0.25, -0.2) is 4.98 Å². The van der Waals surface area contributed by atoms with E-state index >= 15 is 0 Å². The van der Waals surface area contributed by atoms with Gasteiger partial charge < -0.3 is 4.57 Å². The molecule has 1 amide bonds. The van der Waals surface area contributed by atoms with E-state index in [4.69, 9.17) is 12.2 Å². The zero-order chi connectivity index (χ0) is 19.7. The molecular weight excluding hydrogens is 386 g/mol. The molecule has 1 aromatic heterocycles. The highest BCUT2D eigenvalue weighted by Crippen LogP contribution is 2.36. The van der Waals surface area contributed by atoms with E-state index in [1.807, 2.05) is 54.1 Å². The maximum atomic E-state index is 13.0. The monoisotopic (exact) mass is 407 g/mol. The summed E-state index contributed by atoms with van der Waals surface area (Å²) in [5.74, 6) is 0.653. The molecule has 0 bridgehead atoms. The summed E-state index contributed by atoms with van der Waals surface area (Å²) in [5, 5.41) is 0. The number of aromatic nitrogens is 2. The van der Waals surface area contributed by atoms with Gasteiger partial charge in [-0.3, -0.25) is 9.69 Å². The van der Waals surface area contributed by atoms with Crippen LogP contribution in [-0.2, 0) is 18.3 Å². The first-order valence-electron chi connectivity index (χ1n) is 9.37. The number of carbonyl (C=O) groups is 1. The van der Waals surface area contributed by atoms with Crippen LogP contribution < -0.4 is 4.90 Å². The van der Waals surface area contributed by atoms with Gasteiger partial charge in [0.25, 0.3) is 5.91 Å². The van der Waals surface area contributed by atoms with Gasteiger partial charge in [-0.15, -0.1) is 0 Å². The molecule has 1 saturated heterocycles. The third kappa shape index (κ3) is 3.50. The van der Waals surface area contributed by atoms with Crippen LogP contribution in [0.1, 0.15) is 31.2 Å². The number of unbranched alkanes of at least 4 members (excludes halogenated alkanes) is 1. The lowest BCUT2D eigenvalue weighted by molar-refractivity contribution is -0.113. The smallest absolute Gasteiger partial charge is 0.270 e. The second-order valence-electron chi connectivity index (χ2n) is 6.80. The van der Waals surface area contributed by atoms with Gasteiger partial charge in [-0.2, -0.15) is 0 Å². The molecule has 4 nitrogen and oxygen atoms in total. The van der Waals surface area contributed by atoms with Gasteiger partial charge in [0.2, 0.25) is 0 Å². The molecule has 2 heterocycles. The Morgan fingerprint density at radius 1 is 1.14 bits per heavy atom. The predicted octanol–water partition coefficient (Wildman–Crippen LogP) is 5.32. The first-order chi connectivity index (χ1) is 13.6. The van der Waals surface area contributed by atoms with Gasteiger partial charge in [0.15, 0.2) is 4.32 Å². The Labute approximate surface area is 174 Å². The second-order valence-corrected chi connectivity index (χ2v) is 8.48. The molecular formula is C22H21N3OS2. The van der Waals surface area contributed by atoms with Crippen molar-refractivity contribution in [1.29, 1.82) is 0 Å².